The molecule has 1 N–H and O–H groups in total. The van der Waals surface area contributed by atoms with Crippen LogP contribution in [0.15, 0.2) is 53.6 Å². The predicted molar refractivity (Wildman–Crippen MR) is 100 cm³/mol. The summed E-state index contributed by atoms with van der Waals surface area (Å²) in [5.41, 5.74) is 1.34. The Labute approximate surface area is 159 Å². The van der Waals surface area contributed by atoms with Crippen LogP contribution in [0.1, 0.15) is 15.9 Å². The molecule has 0 bridgehead atoms. The molecule has 0 saturated heterocycles. The van der Waals surface area contributed by atoms with E-state index in [1.54, 1.807) is 30.3 Å². The number of aryl methyl sites for hydroxylation is 1. The zero-order valence-corrected chi connectivity index (χ0v) is 15.0. The molecule has 0 fully saturated rings. The number of benzene rings is 2. The van der Waals surface area contributed by atoms with E-state index < -0.39 is 11.5 Å². The number of nitrogens with one attached hydrogen (secondary N) is 1. The Morgan fingerprint density at radius 2 is 2.00 bits per heavy atom. The standard InChI is InChI=1S/C19H14ClN3O4/c1-11-2-4-13(9-14(11)20)23-7-6-21-17(19(23)25)22-18(24)12-3-5-15-16(8-12)27-10-26-15/h2-9H,10H2,1H3,(H,21,22,24). The highest BCUT2D eigenvalue weighted by atomic mass is 35.5. The smallest absolute Gasteiger partial charge is 0.298 e. The first-order valence-electron chi connectivity index (χ1n) is 8.08. The maximum absolute atomic E-state index is 12.7. The third-order valence-corrected chi connectivity index (χ3v) is 4.55. The van der Waals surface area contributed by atoms with Crippen molar-refractivity contribution in [3.05, 3.63) is 75.3 Å². The van der Waals surface area contributed by atoms with E-state index in [9.17, 15) is 9.59 Å². The van der Waals surface area contributed by atoms with Crippen LogP contribution in [-0.2, 0) is 0 Å². The quantitative estimate of drug-likeness (QED) is 0.751. The van der Waals surface area contributed by atoms with Crippen LogP contribution in [0, 0.1) is 6.92 Å². The molecule has 27 heavy (non-hydrogen) atoms. The van der Waals surface area contributed by atoms with Crippen LogP contribution in [0.3, 0.4) is 0 Å². The lowest BCUT2D eigenvalue weighted by Crippen LogP contribution is -2.26. The topological polar surface area (TPSA) is 82.5 Å². The maximum atomic E-state index is 12.7. The molecule has 0 aliphatic carbocycles. The van der Waals surface area contributed by atoms with Gasteiger partial charge in [-0.1, -0.05) is 17.7 Å². The zero-order chi connectivity index (χ0) is 19.0. The molecular formula is C19H14ClN3O4. The van der Waals surface area contributed by atoms with E-state index in [-0.39, 0.29) is 12.6 Å². The van der Waals surface area contributed by atoms with E-state index >= 15 is 0 Å². The number of ether oxygens (including phenoxy) is 2. The van der Waals surface area contributed by atoms with Gasteiger partial charge in [-0.15, -0.1) is 0 Å². The number of rotatable bonds is 3. The molecule has 4 rings (SSSR count). The number of carbonyl (C=O) groups excluding carboxylic acids is 1. The van der Waals surface area contributed by atoms with Crippen LogP contribution in [0.25, 0.3) is 5.69 Å². The van der Waals surface area contributed by atoms with Crippen LogP contribution >= 0.6 is 11.6 Å². The van der Waals surface area contributed by atoms with Gasteiger partial charge in [-0.3, -0.25) is 14.2 Å². The summed E-state index contributed by atoms with van der Waals surface area (Å²) in [6.45, 7) is 1.99. The summed E-state index contributed by atoms with van der Waals surface area (Å²) in [7, 11) is 0. The van der Waals surface area contributed by atoms with Crippen LogP contribution in [0.5, 0.6) is 11.5 Å². The normalized spacial score (nSPS) is 12.1. The van der Waals surface area contributed by atoms with Crippen molar-refractivity contribution in [1.29, 1.82) is 0 Å². The van der Waals surface area contributed by atoms with Crippen molar-refractivity contribution in [3.63, 3.8) is 0 Å². The largest absolute Gasteiger partial charge is 0.454 e. The third-order valence-electron chi connectivity index (χ3n) is 4.14. The summed E-state index contributed by atoms with van der Waals surface area (Å²) in [6.07, 6.45) is 2.95. The second-order valence-electron chi connectivity index (χ2n) is 5.91. The van der Waals surface area contributed by atoms with Gasteiger partial charge in [0.2, 0.25) is 6.79 Å². The summed E-state index contributed by atoms with van der Waals surface area (Å²) < 4.78 is 11.9. The minimum atomic E-state index is -0.474. The van der Waals surface area contributed by atoms with E-state index in [0.717, 1.165) is 5.56 Å². The SMILES string of the molecule is Cc1ccc(-n2ccnc(NC(=O)c3ccc4c(c3)OCO4)c2=O)cc1Cl. The third kappa shape index (κ3) is 3.24. The summed E-state index contributed by atoms with van der Waals surface area (Å²) in [5.74, 6) is 0.493. The number of hydrogen-bond acceptors (Lipinski definition) is 5. The fraction of sp³-hybridized carbons (Fsp3) is 0.105. The first kappa shape index (κ1) is 17.1. The Hall–Kier alpha value is -3.32. The second-order valence-corrected chi connectivity index (χ2v) is 6.31. The summed E-state index contributed by atoms with van der Waals surface area (Å²) >= 11 is 6.14. The van der Waals surface area contributed by atoms with Crippen molar-refractivity contribution in [3.8, 4) is 17.2 Å². The van der Waals surface area contributed by atoms with Crippen molar-refractivity contribution >= 4 is 23.3 Å². The molecule has 0 unspecified atom stereocenters. The summed E-state index contributed by atoms with van der Waals surface area (Å²) in [4.78, 5) is 29.2. The molecule has 7 nitrogen and oxygen atoms in total. The lowest BCUT2D eigenvalue weighted by Gasteiger charge is -2.10. The fourth-order valence-electron chi connectivity index (χ4n) is 2.65. The Bertz CT molecular complexity index is 1110. The Morgan fingerprint density at radius 1 is 1.19 bits per heavy atom. The van der Waals surface area contributed by atoms with Gasteiger partial charge in [0.1, 0.15) is 0 Å². The number of hydrogen-bond donors (Lipinski definition) is 1. The van der Waals surface area contributed by atoms with Gasteiger partial charge in [-0.2, -0.15) is 0 Å². The minimum Gasteiger partial charge on any atom is -0.454 e. The predicted octanol–water partition coefficient (Wildman–Crippen LogP) is 3.18. The Kier molecular flexibility index (Phi) is 4.29. The Balaban J connectivity index is 1.64. The fourth-order valence-corrected chi connectivity index (χ4v) is 2.82. The molecule has 2 heterocycles. The molecule has 2 aromatic carbocycles. The van der Waals surface area contributed by atoms with Crippen molar-refractivity contribution in [1.82, 2.24) is 9.55 Å². The number of carbonyl (C=O) groups is 1. The van der Waals surface area contributed by atoms with Gasteiger partial charge in [-0.05, 0) is 42.8 Å². The van der Waals surface area contributed by atoms with Crippen LogP contribution in [0.2, 0.25) is 5.02 Å². The lowest BCUT2D eigenvalue weighted by molar-refractivity contribution is 0.102. The van der Waals surface area contributed by atoms with Gasteiger partial charge >= 0.3 is 0 Å². The highest BCUT2D eigenvalue weighted by molar-refractivity contribution is 6.31. The van der Waals surface area contributed by atoms with E-state index in [4.69, 9.17) is 21.1 Å². The van der Waals surface area contributed by atoms with Gasteiger partial charge in [0, 0.05) is 23.0 Å². The molecular weight excluding hydrogens is 370 g/mol. The molecule has 0 atom stereocenters. The van der Waals surface area contributed by atoms with Crippen molar-refractivity contribution < 1.29 is 14.3 Å². The van der Waals surface area contributed by atoms with E-state index in [0.29, 0.717) is 27.8 Å². The number of aromatic nitrogens is 2. The number of amides is 1. The minimum absolute atomic E-state index is 0.0862. The highest BCUT2D eigenvalue weighted by Gasteiger charge is 2.18. The first-order chi connectivity index (χ1) is 13.0. The maximum Gasteiger partial charge on any atom is 0.298 e. The molecule has 0 radical (unpaired) electrons. The van der Waals surface area contributed by atoms with Crippen LogP contribution < -0.4 is 20.3 Å². The first-order valence-corrected chi connectivity index (χ1v) is 8.46. The summed E-state index contributed by atoms with van der Waals surface area (Å²) in [6, 6.07) is 10.0. The molecule has 3 aromatic rings. The average Bonchev–Trinajstić information content (AvgIpc) is 3.13. The van der Waals surface area contributed by atoms with E-state index in [1.165, 1.54) is 17.0 Å². The average molecular weight is 384 g/mol. The van der Waals surface area contributed by atoms with Crippen molar-refractivity contribution in [2.45, 2.75) is 6.92 Å². The lowest BCUT2D eigenvalue weighted by atomic mass is 10.2. The molecule has 1 aliphatic heterocycles. The number of fused-ring (bicyclic) bond motifs is 1. The molecule has 8 heteroatoms. The monoisotopic (exact) mass is 383 g/mol. The Morgan fingerprint density at radius 3 is 2.81 bits per heavy atom. The highest BCUT2D eigenvalue weighted by Crippen LogP contribution is 2.32. The van der Waals surface area contributed by atoms with E-state index in [1.807, 2.05) is 13.0 Å². The van der Waals surface area contributed by atoms with Gasteiger partial charge in [-0.25, -0.2) is 4.98 Å². The van der Waals surface area contributed by atoms with Gasteiger partial charge in [0.25, 0.3) is 11.5 Å². The van der Waals surface area contributed by atoms with Crippen LogP contribution in [0.4, 0.5) is 5.82 Å². The van der Waals surface area contributed by atoms with Crippen molar-refractivity contribution in [2.24, 2.45) is 0 Å². The molecule has 0 spiro atoms. The number of anilines is 1. The molecule has 1 aliphatic rings. The molecule has 0 saturated carbocycles. The van der Waals surface area contributed by atoms with Crippen molar-refractivity contribution in [2.75, 3.05) is 12.1 Å². The molecule has 1 aromatic heterocycles. The summed E-state index contributed by atoms with van der Waals surface area (Å²) in [5, 5.41) is 3.08. The van der Waals surface area contributed by atoms with Crippen LogP contribution in [-0.4, -0.2) is 22.3 Å². The number of halogens is 1. The van der Waals surface area contributed by atoms with Gasteiger partial charge in [0.05, 0.1) is 5.69 Å². The number of nitrogens with zero attached hydrogens (tertiary/aromatic N) is 2. The van der Waals surface area contributed by atoms with E-state index in [2.05, 4.69) is 10.3 Å². The second kappa shape index (κ2) is 6.77. The molecule has 136 valence electrons. The van der Waals surface area contributed by atoms with Gasteiger partial charge in [0.15, 0.2) is 17.3 Å². The molecule has 1 amide bonds. The zero-order valence-electron chi connectivity index (χ0n) is 14.2. The van der Waals surface area contributed by atoms with Gasteiger partial charge < -0.3 is 14.8 Å².